The molecule has 0 radical (unpaired) electrons. The van der Waals surface area contributed by atoms with E-state index >= 15 is 0 Å². The first kappa shape index (κ1) is 13.7. The molecule has 1 aromatic heterocycles. The molecule has 2 aromatic rings. The number of nitrogens with one attached hydrogen (secondary N) is 1. The van der Waals surface area contributed by atoms with E-state index in [1.807, 2.05) is 36.1 Å². The van der Waals surface area contributed by atoms with Crippen molar-refractivity contribution in [3.8, 4) is 11.8 Å². The fourth-order valence-electron chi connectivity index (χ4n) is 1.75. The minimum absolute atomic E-state index is 0.106. The molecule has 1 amide bonds. The third-order valence-electron chi connectivity index (χ3n) is 2.75. The first-order chi connectivity index (χ1) is 9.69. The van der Waals surface area contributed by atoms with E-state index < -0.39 is 0 Å². The van der Waals surface area contributed by atoms with Crippen molar-refractivity contribution in [1.29, 1.82) is 5.26 Å². The molecule has 0 atom stereocenters. The Morgan fingerprint density at radius 3 is 2.90 bits per heavy atom. The quantitative estimate of drug-likeness (QED) is 0.896. The number of nitriles is 1. The summed E-state index contributed by atoms with van der Waals surface area (Å²) in [5.41, 5.74) is 1.45. The Morgan fingerprint density at radius 2 is 2.20 bits per heavy atom. The van der Waals surface area contributed by atoms with Crippen LogP contribution in [0, 0.1) is 11.3 Å². The lowest BCUT2D eigenvalue weighted by Crippen LogP contribution is -2.28. The van der Waals surface area contributed by atoms with E-state index in [1.165, 1.54) is 0 Å². The Hall–Kier alpha value is -2.74. The molecule has 0 aliphatic rings. The molecule has 0 spiro atoms. The Morgan fingerprint density at radius 1 is 1.40 bits per heavy atom. The minimum atomic E-state index is -0.221. The topological polar surface area (TPSA) is 67.1 Å². The zero-order valence-electron chi connectivity index (χ0n) is 11.2. The van der Waals surface area contributed by atoms with E-state index in [1.54, 1.807) is 24.3 Å². The fraction of sp³-hybridized carbons (Fsp3) is 0.200. The van der Waals surface area contributed by atoms with Crippen LogP contribution in [-0.2, 0) is 18.4 Å². The average Bonchev–Trinajstić information content (AvgIpc) is 2.89. The number of benzene rings is 1. The van der Waals surface area contributed by atoms with Gasteiger partial charge < -0.3 is 14.6 Å². The van der Waals surface area contributed by atoms with E-state index in [0.717, 1.165) is 5.56 Å². The summed E-state index contributed by atoms with van der Waals surface area (Å²) in [6, 6.07) is 10.8. The largest absolute Gasteiger partial charge is 0.482 e. The standard InChI is InChI=1S/C15H15N3O2/c1-18-7-6-12(10-18)9-17-15(19)11-20-14-5-3-2-4-13(14)8-16/h2-7,10H,9,11H2,1H3,(H,17,19). The smallest absolute Gasteiger partial charge is 0.258 e. The van der Waals surface area contributed by atoms with Crippen molar-refractivity contribution in [3.63, 3.8) is 0 Å². The first-order valence-electron chi connectivity index (χ1n) is 6.18. The number of amides is 1. The van der Waals surface area contributed by atoms with Crippen molar-refractivity contribution >= 4 is 5.91 Å². The number of hydrogen-bond donors (Lipinski definition) is 1. The van der Waals surface area contributed by atoms with Crippen LogP contribution in [0.25, 0.3) is 0 Å². The van der Waals surface area contributed by atoms with Gasteiger partial charge in [0.05, 0.1) is 5.56 Å². The van der Waals surface area contributed by atoms with Crippen LogP contribution in [-0.4, -0.2) is 17.1 Å². The predicted molar refractivity (Wildman–Crippen MR) is 73.9 cm³/mol. The molecule has 102 valence electrons. The van der Waals surface area contributed by atoms with E-state index in [-0.39, 0.29) is 12.5 Å². The summed E-state index contributed by atoms with van der Waals surface area (Å²) in [5.74, 6) is 0.200. The molecule has 1 heterocycles. The number of para-hydroxylation sites is 1. The molecule has 1 aromatic carbocycles. The van der Waals surface area contributed by atoms with Crippen molar-refractivity contribution in [2.75, 3.05) is 6.61 Å². The second kappa shape index (κ2) is 6.43. The van der Waals surface area contributed by atoms with Crippen molar-refractivity contribution in [2.24, 2.45) is 7.05 Å². The molecule has 0 bridgehead atoms. The number of hydrogen-bond acceptors (Lipinski definition) is 3. The summed E-state index contributed by atoms with van der Waals surface area (Å²) in [7, 11) is 1.92. The van der Waals surface area contributed by atoms with Crippen LogP contribution in [0.3, 0.4) is 0 Å². The third-order valence-corrected chi connectivity index (χ3v) is 2.75. The normalized spacial score (nSPS) is 9.80. The highest BCUT2D eigenvalue weighted by Gasteiger charge is 2.06. The molecular weight excluding hydrogens is 254 g/mol. The molecule has 20 heavy (non-hydrogen) atoms. The lowest BCUT2D eigenvalue weighted by atomic mass is 10.2. The maximum absolute atomic E-state index is 11.7. The Balaban J connectivity index is 1.82. The van der Waals surface area contributed by atoms with Crippen molar-refractivity contribution in [2.45, 2.75) is 6.54 Å². The molecule has 0 fully saturated rings. The van der Waals surface area contributed by atoms with E-state index in [0.29, 0.717) is 17.9 Å². The SMILES string of the molecule is Cn1ccc(CNC(=O)COc2ccccc2C#N)c1. The second-order valence-electron chi connectivity index (χ2n) is 4.36. The molecule has 5 heteroatoms. The number of rotatable bonds is 5. The summed E-state index contributed by atoms with van der Waals surface area (Å²) >= 11 is 0. The summed E-state index contributed by atoms with van der Waals surface area (Å²) in [5, 5.41) is 11.7. The van der Waals surface area contributed by atoms with Crippen molar-refractivity contribution in [1.82, 2.24) is 9.88 Å². The molecule has 0 saturated carbocycles. The summed E-state index contributed by atoms with van der Waals surface area (Å²) in [6.07, 6.45) is 3.85. The maximum Gasteiger partial charge on any atom is 0.258 e. The fourth-order valence-corrected chi connectivity index (χ4v) is 1.75. The lowest BCUT2D eigenvalue weighted by molar-refractivity contribution is -0.123. The van der Waals surface area contributed by atoms with E-state index in [2.05, 4.69) is 5.32 Å². The van der Waals surface area contributed by atoms with Gasteiger partial charge in [-0.1, -0.05) is 12.1 Å². The van der Waals surface area contributed by atoms with Crippen molar-refractivity contribution < 1.29 is 9.53 Å². The third kappa shape index (κ3) is 3.62. The Bertz CT molecular complexity index is 641. The minimum Gasteiger partial charge on any atom is -0.482 e. The Labute approximate surface area is 117 Å². The van der Waals surface area contributed by atoms with Gasteiger partial charge in [-0.25, -0.2) is 0 Å². The molecule has 0 aliphatic heterocycles. The van der Waals surface area contributed by atoms with E-state index in [9.17, 15) is 4.79 Å². The predicted octanol–water partition coefficient (Wildman–Crippen LogP) is 1.59. The maximum atomic E-state index is 11.7. The molecule has 1 N–H and O–H groups in total. The average molecular weight is 269 g/mol. The van der Waals surface area contributed by atoms with Gasteiger partial charge in [-0.15, -0.1) is 0 Å². The van der Waals surface area contributed by atoms with Gasteiger partial charge >= 0.3 is 0 Å². The number of ether oxygens (including phenoxy) is 1. The van der Waals surface area contributed by atoms with Crippen LogP contribution in [0.1, 0.15) is 11.1 Å². The van der Waals surface area contributed by atoms with Crippen LogP contribution in [0.4, 0.5) is 0 Å². The highest BCUT2D eigenvalue weighted by atomic mass is 16.5. The summed E-state index contributed by atoms with van der Waals surface area (Å²) < 4.78 is 7.26. The van der Waals surface area contributed by atoms with Gasteiger partial charge in [-0.2, -0.15) is 5.26 Å². The first-order valence-corrected chi connectivity index (χ1v) is 6.18. The molecule has 2 rings (SSSR count). The van der Waals surface area contributed by atoms with Gasteiger partial charge in [-0.05, 0) is 23.8 Å². The molecule has 5 nitrogen and oxygen atoms in total. The summed E-state index contributed by atoms with van der Waals surface area (Å²) in [4.78, 5) is 11.7. The van der Waals surface area contributed by atoms with Gasteiger partial charge in [0.1, 0.15) is 11.8 Å². The molecule has 0 aliphatic carbocycles. The molecule has 0 unspecified atom stereocenters. The van der Waals surface area contributed by atoms with Gasteiger partial charge in [-0.3, -0.25) is 4.79 Å². The molecular formula is C15H15N3O2. The van der Waals surface area contributed by atoms with Crippen LogP contribution < -0.4 is 10.1 Å². The number of aryl methyl sites for hydroxylation is 1. The van der Waals surface area contributed by atoms with Crippen LogP contribution in [0.2, 0.25) is 0 Å². The second-order valence-corrected chi connectivity index (χ2v) is 4.36. The van der Waals surface area contributed by atoms with Gasteiger partial charge in [0, 0.05) is 26.0 Å². The van der Waals surface area contributed by atoms with Crippen LogP contribution in [0.5, 0.6) is 5.75 Å². The van der Waals surface area contributed by atoms with Gasteiger partial charge in [0.2, 0.25) is 0 Å². The lowest BCUT2D eigenvalue weighted by Gasteiger charge is -2.07. The highest BCUT2D eigenvalue weighted by Crippen LogP contribution is 2.16. The van der Waals surface area contributed by atoms with Crippen molar-refractivity contribution in [3.05, 3.63) is 53.9 Å². The monoisotopic (exact) mass is 269 g/mol. The van der Waals surface area contributed by atoms with E-state index in [4.69, 9.17) is 10.00 Å². The zero-order valence-corrected chi connectivity index (χ0v) is 11.2. The van der Waals surface area contributed by atoms with Gasteiger partial charge in [0.25, 0.3) is 5.91 Å². The summed E-state index contributed by atoms with van der Waals surface area (Å²) in [6.45, 7) is 0.356. The number of carbonyl (C=O) groups excluding carboxylic acids is 1. The highest BCUT2D eigenvalue weighted by molar-refractivity contribution is 5.77. The van der Waals surface area contributed by atoms with Crippen LogP contribution in [0.15, 0.2) is 42.7 Å². The molecule has 0 saturated heterocycles. The van der Waals surface area contributed by atoms with Gasteiger partial charge in [0.15, 0.2) is 6.61 Å². The zero-order chi connectivity index (χ0) is 14.4. The number of aromatic nitrogens is 1. The Kier molecular flexibility index (Phi) is 4.40. The number of nitrogens with zero attached hydrogens (tertiary/aromatic N) is 2. The van der Waals surface area contributed by atoms with Crippen LogP contribution >= 0.6 is 0 Å². The number of carbonyl (C=O) groups is 1.